The highest BCUT2D eigenvalue weighted by atomic mass is 16.5. The number of amides is 3. The molecule has 2 aliphatic heterocycles. The van der Waals surface area contributed by atoms with Gasteiger partial charge in [-0.2, -0.15) is 4.98 Å². The maximum Gasteiger partial charge on any atom is 0.327 e. The lowest BCUT2D eigenvalue weighted by atomic mass is 9.85. The fourth-order valence-electron chi connectivity index (χ4n) is 4.92. The Morgan fingerprint density at radius 1 is 1.14 bits per heavy atom. The Bertz CT molecular complexity index is 1140. The van der Waals surface area contributed by atoms with Gasteiger partial charge in [0, 0.05) is 38.4 Å². The quantitative estimate of drug-likeness (QED) is 0.405. The van der Waals surface area contributed by atoms with E-state index in [1.54, 1.807) is 43.1 Å². The van der Waals surface area contributed by atoms with Gasteiger partial charge in [0.05, 0.1) is 0 Å². The number of phenolic OH excluding ortho intramolecular Hbond substituents is 1. The van der Waals surface area contributed by atoms with Gasteiger partial charge in [0.2, 0.25) is 11.8 Å². The van der Waals surface area contributed by atoms with E-state index in [1.165, 1.54) is 4.90 Å². The minimum absolute atomic E-state index is 0.137. The molecule has 0 bridgehead atoms. The maximum atomic E-state index is 13.7. The molecule has 10 nitrogen and oxygen atoms in total. The zero-order valence-corrected chi connectivity index (χ0v) is 21.9. The SMILES string of the molecule is CC(C)CN1C(=O)N(CCc2ccc(O)cc2)C2(CCN(c3nccc(OC(C)(C)C=O)n3)CC2)C1=O. The summed E-state index contributed by atoms with van der Waals surface area (Å²) in [6.45, 7) is 9.07. The molecule has 0 saturated carbocycles. The monoisotopic (exact) mass is 509 g/mol. The molecule has 37 heavy (non-hydrogen) atoms. The zero-order chi connectivity index (χ0) is 26.8. The van der Waals surface area contributed by atoms with Gasteiger partial charge in [-0.25, -0.2) is 9.78 Å². The Labute approximate surface area is 217 Å². The van der Waals surface area contributed by atoms with Crippen LogP contribution in [0.15, 0.2) is 36.5 Å². The van der Waals surface area contributed by atoms with Crippen LogP contribution in [0.3, 0.4) is 0 Å². The highest BCUT2D eigenvalue weighted by Crippen LogP contribution is 2.38. The van der Waals surface area contributed by atoms with Gasteiger partial charge >= 0.3 is 6.03 Å². The summed E-state index contributed by atoms with van der Waals surface area (Å²) in [5.74, 6) is 0.972. The lowest BCUT2D eigenvalue weighted by molar-refractivity contribution is -0.134. The highest BCUT2D eigenvalue weighted by Gasteiger charge is 2.57. The highest BCUT2D eigenvalue weighted by molar-refractivity contribution is 6.07. The van der Waals surface area contributed by atoms with E-state index in [-0.39, 0.29) is 23.6 Å². The van der Waals surface area contributed by atoms with Crippen molar-refractivity contribution in [1.29, 1.82) is 0 Å². The predicted molar refractivity (Wildman–Crippen MR) is 137 cm³/mol. The van der Waals surface area contributed by atoms with Crippen LogP contribution in [0.25, 0.3) is 0 Å². The van der Waals surface area contributed by atoms with Gasteiger partial charge in [-0.15, -0.1) is 0 Å². The molecule has 10 heteroatoms. The number of piperidine rings is 1. The Morgan fingerprint density at radius 3 is 2.43 bits per heavy atom. The summed E-state index contributed by atoms with van der Waals surface area (Å²) in [5.41, 5.74) is -0.935. The molecule has 0 radical (unpaired) electrons. The Morgan fingerprint density at radius 2 is 1.81 bits per heavy atom. The summed E-state index contributed by atoms with van der Waals surface area (Å²) >= 11 is 0. The number of anilines is 1. The van der Waals surface area contributed by atoms with Crippen molar-refractivity contribution in [3.63, 3.8) is 0 Å². The number of aldehydes is 1. The minimum Gasteiger partial charge on any atom is -0.508 e. The normalized spacial score (nSPS) is 17.7. The molecule has 0 atom stereocenters. The largest absolute Gasteiger partial charge is 0.508 e. The number of urea groups is 1. The van der Waals surface area contributed by atoms with E-state index < -0.39 is 11.1 Å². The number of aromatic nitrogens is 2. The number of phenols is 1. The van der Waals surface area contributed by atoms with Gasteiger partial charge < -0.3 is 19.6 Å². The van der Waals surface area contributed by atoms with Crippen LogP contribution in [0, 0.1) is 5.92 Å². The summed E-state index contributed by atoms with van der Waals surface area (Å²) in [6.07, 6.45) is 3.79. The van der Waals surface area contributed by atoms with E-state index in [0.717, 1.165) is 11.8 Å². The molecule has 1 N–H and O–H groups in total. The molecule has 1 aromatic heterocycles. The number of carbonyl (C=O) groups is 3. The Hall–Kier alpha value is -3.69. The van der Waals surface area contributed by atoms with E-state index in [9.17, 15) is 19.5 Å². The molecular formula is C27H35N5O5. The standard InChI is InChI=1S/C27H35N5O5/c1-19(2)17-31-23(35)27(32(25(31)36)14-10-20-5-7-21(34)8-6-20)11-15-30(16-12-27)24-28-13-9-22(29-24)37-26(3,4)18-33/h5-9,13,18-19,34H,10-12,14-17H2,1-4H3. The molecule has 0 unspecified atom stereocenters. The second-order valence-corrected chi connectivity index (χ2v) is 10.7. The minimum atomic E-state index is -1.01. The van der Waals surface area contributed by atoms with Crippen molar-refractivity contribution < 1.29 is 24.2 Å². The molecule has 2 aromatic rings. The topological polar surface area (TPSA) is 116 Å². The van der Waals surface area contributed by atoms with Crippen molar-refractivity contribution in [3.8, 4) is 11.6 Å². The molecule has 198 valence electrons. The van der Waals surface area contributed by atoms with E-state index in [2.05, 4.69) is 9.97 Å². The van der Waals surface area contributed by atoms with Crippen LogP contribution in [0.2, 0.25) is 0 Å². The molecule has 1 aromatic carbocycles. The summed E-state index contributed by atoms with van der Waals surface area (Å²) in [4.78, 5) is 52.4. The lowest BCUT2D eigenvalue weighted by Crippen LogP contribution is -2.57. The van der Waals surface area contributed by atoms with Crippen molar-refractivity contribution in [2.45, 2.75) is 58.1 Å². The Balaban J connectivity index is 1.53. The van der Waals surface area contributed by atoms with E-state index in [0.29, 0.717) is 57.3 Å². The maximum absolute atomic E-state index is 13.7. The first-order valence-electron chi connectivity index (χ1n) is 12.7. The zero-order valence-electron chi connectivity index (χ0n) is 21.9. The fourth-order valence-corrected chi connectivity index (χ4v) is 4.92. The van der Waals surface area contributed by atoms with Crippen molar-refractivity contribution in [2.75, 3.05) is 31.1 Å². The molecule has 3 amide bonds. The number of benzene rings is 1. The van der Waals surface area contributed by atoms with Gasteiger partial charge in [-0.05, 0) is 56.7 Å². The van der Waals surface area contributed by atoms with E-state index in [1.807, 2.05) is 30.9 Å². The van der Waals surface area contributed by atoms with Crippen molar-refractivity contribution >= 4 is 24.2 Å². The van der Waals surface area contributed by atoms with Crippen LogP contribution in [0.5, 0.6) is 11.6 Å². The molecule has 3 heterocycles. The van der Waals surface area contributed by atoms with Gasteiger partial charge in [0.1, 0.15) is 11.3 Å². The van der Waals surface area contributed by atoms with Crippen LogP contribution in [0.1, 0.15) is 46.1 Å². The number of hydrogen-bond donors (Lipinski definition) is 1. The summed E-state index contributed by atoms with van der Waals surface area (Å²) in [5, 5.41) is 9.58. The van der Waals surface area contributed by atoms with Crippen LogP contribution >= 0.6 is 0 Å². The van der Waals surface area contributed by atoms with Crippen LogP contribution in [-0.2, 0) is 16.0 Å². The number of carbonyl (C=O) groups excluding carboxylic acids is 3. The average Bonchev–Trinajstić information content (AvgIpc) is 3.05. The molecule has 0 aliphatic carbocycles. The fraction of sp³-hybridized carbons (Fsp3) is 0.519. The molecule has 1 spiro atoms. The number of aromatic hydroxyl groups is 1. The average molecular weight is 510 g/mol. The van der Waals surface area contributed by atoms with E-state index in [4.69, 9.17) is 4.74 Å². The second kappa shape index (κ2) is 10.4. The number of rotatable bonds is 9. The van der Waals surface area contributed by atoms with E-state index >= 15 is 0 Å². The summed E-state index contributed by atoms with van der Waals surface area (Å²) in [6, 6.07) is 8.27. The van der Waals surface area contributed by atoms with Gasteiger partial charge in [-0.3, -0.25) is 14.5 Å². The van der Waals surface area contributed by atoms with Crippen LogP contribution in [-0.4, -0.2) is 80.4 Å². The number of hydrogen-bond acceptors (Lipinski definition) is 8. The first kappa shape index (κ1) is 26.4. The third-order valence-corrected chi connectivity index (χ3v) is 6.87. The molecular weight excluding hydrogens is 474 g/mol. The van der Waals surface area contributed by atoms with Crippen molar-refractivity contribution in [1.82, 2.24) is 19.8 Å². The second-order valence-electron chi connectivity index (χ2n) is 10.7. The summed E-state index contributed by atoms with van der Waals surface area (Å²) in [7, 11) is 0. The van der Waals surface area contributed by atoms with Crippen LogP contribution < -0.4 is 9.64 Å². The van der Waals surface area contributed by atoms with Crippen LogP contribution in [0.4, 0.5) is 10.7 Å². The third-order valence-electron chi connectivity index (χ3n) is 6.87. The van der Waals surface area contributed by atoms with Crippen molar-refractivity contribution in [2.24, 2.45) is 5.92 Å². The van der Waals surface area contributed by atoms with Gasteiger partial charge in [-0.1, -0.05) is 26.0 Å². The summed E-state index contributed by atoms with van der Waals surface area (Å²) < 4.78 is 5.68. The lowest BCUT2D eigenvalue weighted by Gasteiger charge is -2.42. The molecule has 2 aliphatic rings. The smallest absolute Gasteiger partial charge is 0.327 e. The number of nitrogens with zero attached hydrogens (tertiary/aromatic N) is 5. The number of ether oxygens (including phenoxy) is 1. The van der Waals surface area contributed by atoms with Gasteiger partial charge in [0.15, 0.2) is 11.9 Å². The Kier molecular flexibility index (Phi) is 7.38. The molecule has 4 rings (SSSR count). The van der Waals surface area contributed by atoms with Gasteiger partial charge in [0.25, 0.3) is 5.91 Å². The first-order chi connectivity index (χ1) is 17.5. The van der Waals surface area contributed by atoms with Crippen molar-refractivity contribution in [3.05, 3.63) is 42.1 Å². The third kappa shape index (κ3) is 5.52. The first-order valence-corrected chi connectivity index (χ1v) is 12.7. The molecule has 2 saturated heterocycles. The predicted octanol–water partition coefficient (Wildman–Crippen LogP) is 3.04. The molecule has 2 fully saturated rings. The number of imide groups is 1.